The Morgan fingerprint density at radius 3 is 2.84 bits per heavy atom. The van der Waals surface area contributed by atoms with Gasteiger partial charge in [-0.1, -0.05) is 11.8 Å². The lowest BCUT2D eigenvalue weighted by Gasteiger charge is -2.23. The second kappa shape index (κ2) is 14.3. The molecule has 2 heterocycles. The molecular weight excluding hydrogens is 497 g/mol. The van der Waals surface area contributed by atoms with Crippen LogP contribution in [0.1, 0.15) is 47.6 Å². The molecule has 0 spiro atoms. The monoisotopic (exact) mass is 533 g/mol. The van der Waals surface area contributed by atoms with Gasteiger partial charge >= 0.3 is 5.97 Å². The molecule has 0 amide bonds. The second-order valence-electron chi connectivity index (χ2n) is 9.06. The molecule has 37 heavy (non-hydrogen) atoms. The van der Waals surface area contributed by atoms with Crippen LogP contribution in [-0.2, 0) is 20.6 Å². The van der Waals surface area contributed by atoms with E-state index in [9.17, 15) is 9.18 Å². The molecule has 1 saturated heterocycles. The Labute approximate surface area is 222 Å². The summed E-state index contributed by atoms with van der Waals surface area (Å²) in [4.78, 5) is 19.5. The van der Waals surface area contributed by atoms with Crippen molar-refractivity contribution in [2.75, 3.05) is 52.8 Å². The van der Waals surface area contributed by atoms with Crippen LogP contribution in [0, 0.1) is 17.7 Å². The third-order valence-corrected chi connectivity index (χ3v) is 6.60. The van der Waals surface area contributed by atoms with Gasteiger partial charge in [0.15, 0.2) is 22.4 Å². The number of nitrogens with one attached hydrogen (secondary N) is 1. The van der Waals surface area contributed by atoms with Crippen LogP contribution in [0.4, 0.5) is 9.52 Å². The number of ether oxygens (including phenoxy) is 4. The maximum atomic E-state index is 14.8. The van der Waals surface area contributed by atoms with E-state index >= 15 is 0 Å². The van der Waals surface area contributed by atoms with Gasteiger partial charge in [0.25, 0.3) is 0 Å². The number of benzene rings is 1. The first-order valence-electron chi connectivity index (χ1n) is 12.5. The average Bonchev–Trinajstić information content (AvgIpc) is 3.60. The van der Waals surface area contributed by atoms with E-state index in [-0.39, 0.29) is 30.8 Å². The minimum absolute atomic E-state index is 0.0697. The number of carbonyl (C=O) groups is 1. The number of epoxide rings is 1. The number of carbonyl (C=O) groups excluding carboxylic acids is 1. The topological polar surface area (TPSA) is 85.5 Å². The summed E-state index contributed by atoms with van der Waals surface area (Å²) < 4.78 is 37.4. The fourth-order valence-corrected chi connectivity index (χ4v) is 4.51. The molecule has 0 radical (unpaired) electrons. The number of hydrogen-bond donors (Lipinski definition) is 1. The van der Waals surface area contributed by atoms with Crippen LogP contribution in [0.25, 0.3) is 0 Å². The van der Waals surface area contributed by atoms with Gasteiger partial charge < -0.3 is 24.3 Å². The minimum Gasteiger partial charge on any atom is -0.488 e. The van der Waals surface area contributed by atoms with Crippen molar-refractivity contribution in [3.05, 3.63) is 40.2 Å². The van der Waals surface area contributed by atoms with Crippen molar-refractivity contribution in [2.24, 2.45) is 0 Å². The number of aromatic nitrogens is 1. The maximum absolute atomic E-state index is 14.8. The smallest absolute Gasteiger partial charge is 0.358 e. The Bertz CT molecular complexity index is 1090. The summed E-state index contributed by atoms with van der Waals surface area (Å²) in [7, 11) is 5.59. The molecular formula is C27H36FN3O5S. The molecule has 1 aliphatic rings. The number of nitrogens with zero attached hydrogens (tertiary/aromatic N) is 2. The van der Waals surface area contributed by atoms with Gasteiger partial charge in [0.1, 0.15) is 6.61 Å². The fourth-order valence-electron chi connectivity index (χ4n) is 3.54. The summed E-state index contributed by atoms with van der Waals surface area (Å²) in [6.45, 7) is 5.48. The van der Waals surface area contributed by atoms with Crippen LogP contribution in [0.15, 0.2) is 18.2 Å². The van der Waals surface area contributed by atoms with E-state index in [2.05, 4.69) is 22.1 Å². The highest BCUT2D eigenvalue weighted by atomic mass is 32.1. The van der Waals surface area contributed by atoms with Crippen LogP contribution >= 0.6 is 11.3 Å². The summed E-state index contributed by atoms with van der Waals surface area (Å²) in [5, 5.41) is 3.59. The molecule has 1 aliphatic heterocycles. The van der Waals surface area contributed by atoms with Crippen LogP contribution in [0.5, 0.6) is 5.75 Å². The Kier molecular flexibility index (Phi) is 11.1. The molecule has 1 N–H and O–H groups in total. The largest absolute Gasteiger partial charge is 0.488 e. The van der Waals surface area contributed by atoms with Crippen LogP contribution < -0.4 is 10.1 Å². The highest BCUT2D eigenvalue weighted by molar-refractivity contribution is 7.15. The summed E-state index contributed by atoms with van der Waals surface area (Å²) in [6, 6.07) is 4.68. The number of rotatable bonds is 14. The number of hydrogen-bond acceptors (Lipinski definition) is 9. The molecule has 0 bridgehead atoms. The van der Waals surface area contributed by atoms with E-state index in [1.54, 1.807) is 26.1 Å². The van der Waals surface area contributed by atoms with E-state index in [1.165, 1.54) is 17.4 Å². The van der Waals surface area contributed by atoms with Crippen molar-refractivity contribution in [1.82, 2.24) is 9.88 Å². The summed E-state index contributed by atoms with van der Waals surface area (Å²) in [5.41, 5.74) is 0.842. The summed E-state index contributed by atoms with van der Waals surface area (Å²) in [6.07, 6.45) is 1.91. The van der Waals surface area contributed by atoms with E-state index in [4.69, 9.17) is 18.9 Å². The minimum atomic E-state index is -0.489. The molecule has 3 rings (SSSR count). The number of anilines is 1. The second-order valence-corrected chi connectivity index (χ2v) is 10.1. The maximum Gasteiger partial charge on any atom is 0.358 e. The van der Waals surface area contributed by atoms with Crippen LogP contribution in [0.2, 0.25) is 0 Å². The fraction of sp³-hybridized carbons (Fsp3) is 0.556. The van der Waals surface area contributed by atoms with Crippen LogP contribution in [0.3, 0.4) is 0 Å². The lowest BCUT2D eigenvalue weighted by molar-refractivity contribution is -0.0297. The molecule has 202 valence electrons. The van der Waals surface area contributed by atoms with E-state index < -0.39 is 17.9 Å². The molecule has 1 fully saturated rings. The number of halogens is 1. The van der Waals surface area contributed by atoms with Crippen molar-refractivity contribution in [3.63, 3.8) is 0 Å². The molecule has 3 atom stereocenters. The molecule has 0 aliphatic carbocycles. The third kappa shape index (κ3) is 9.59. The van der Waals surface area contributed by atoms with Gasteiger partial charge in [0, 0.05) is 23.9 Å². The third-order valence-electron chi connectivity index (χ3n) is 5.50. The Morgan fingerprint density at radius 2 is 2.19 bits per heavy atom. The predicted octanol–water partition coefficient (Wildman–Crippen LogP) is 3.99. The Balaban J connectivity index is 1.72. The zero-order valence-electron chi connectivity index (χ0n) is 22.1. The van der Waals surface area contributed by atoms with E-state index in [0.29, 0.717) is 29.8 Å². The standard InChI is InChI=1S/C27H36FN3O5S/c1-6-33-26(32)25-24(37-27(29-3)30-25)15-21(36-18(2)9-11-20-16-34-20)17-35-23-12-10-19(14-22(23)28)8-7-13-31(4)5/h10,12,14,18,20-21H,6,9,11,13,15-17H2,1-5H3,(H,29,30). The van der Waals surface area contributed by atoms with Gasteiger partial charge in [-0.3, -0.25) is 4.90 Å². The SMILES string of the molecule is CCOC(=O)c1nc(NC)sc1CC(COc1ccc(C#CCN(C)C)cc1F)OC(C)CCC1CO1. The van der Waals surface area contributed by atoms with E-state index in [0.717, 1.165) is 24.3 Å². The molecule has 3 unspecified atom stereocenters. The van der Waals surface area contributed by atoms with Crippen molar-refractivity contribution >= 4 is 22.4 Å². The first-order valence-corrected chi connectivity index (χ1v) is 13.3. The van der Waals surface area contributed by atoms with Gasteiger partial charge in [-0.25, -0.2) is 14.2 Å². The molecule has 10 heteroatoms. The van der Waals surface area contributed by atoms with Crippen LogP contribution in [-0.4, -0.2) is 81.7 Å². The highest BCUT2D eigenvalue weighted by Gasteiger charge is 2.26. The van der Waals surface area contributed by atoms with Crippen molar-refractivity contribution < 1.29 is 28.1 Å². The van der Waals surface area contributed by atoms with E-state index in [1.807, 2.05) is 25.9 Å². The quantitative estimate of drug-likeness (QED) is 0.222. The Hall–Kier alpha value is -2.71. The number of thiazole rings is 1. The molecule has 1 aromatic heterocycles. The molecule has 1 aromatic carbocycles. The average molecular weight is 534 g/mol. The van der Waals surface area contributed by atoms with Crippen molar-refractivity contribution in [3.8, 4) is 17.6 Å². The summed E-state index contributed by atoms with van der Waals surface area (Å²) in [5.74, 6) is 5.10. The predicted molar refractivity (Wildman–Crippen MR) is 142 cm³/mol. The zero-order chi connectivity index (χ0) is 26.8. The highest BCUT2D eigenvalue weighted by Crippen LogP contribution is 2.27. The van der Waals surface area contributed by atoms with Crippen molar-refractivity contribution in [1.29, 1.82) is 0 Å². The lowest BCUT2D eigenvalue weighted by atomic mass is 10.1. The lowest BCUT2D eigenvalue weighted by Crippen LogP contribution is -2.29. The van der Waals surface area contributed by atoms with Gasteiger partial charge in [-0.2, -0.15) is 0 Å². The Morgan fingerprint density at radius 1 is 1.41 bits per heavy atom. The van der Waals surface area contributed by atoms with Gasteiger partial charge in [0.2, 0.25) is 0 Å². The van der Waals surface area contributed by atoms with Gasteiger partial charge in [0.05, 0.1) is 38.1 Å². The number of esters is 1. The van der Waals surface area contributed by atoms with Gasteiger partial charge in [-0.15, -0.1) is 11.3 Å². The first kappa shape index (κ1) is 28.9. The molecule has 0 saturated carbocycles. The first-order chi connectivity index (χ1) is 17.8. The molecule has 8 nitrogen and oxygen atoms in total. The summed E-state index contributed by atoms with van der Waals surface area (Å²) >= 11 is 1.36. The van der Waals surface area contributed by atoms with Crippen molar-refractivity contribution in [2.45, 2.75) is 51.4 Å². The normalized spacial score (nSPS) is 16.0. The molecule has 2 aromatic rings. The zero-order valence-corrected chi connectivity index (χ0v) is 23.0. The van der Waals surface area contributed by atoms with Gasteiger partial charge in [-0.05, 0) is 59.0 Å².